The van der Waals surface area contributed by atoms with E-state index in [-0.39, 0.29) is 23.8 Å². The largest absolute Gasteiger partial charge is 0.338 e. The average Bonchev–Trinajstić information content (AvgIpc) is 2.94. The summed E-state index contributed by atoms with van der Waals surface area (Å²) in [6.45, 7) is 0.914. The molecule has 2 aliphatic heterocycles. The molecule has 2 aromatic rings. The second-order valence-electron chi connectivity index (χ2n) is 6.85. The lowest BCUT2D eigenvalue weighted by atomic mass is 10.0. The highest BCUT2D eigenvalue weighted by atomic mass is 16.2. The van der Waals surface area contributed by atoms with Crippen molar-refractivity contribution in [3.05, 3.63) is 60.2 Å². The van der Waals surface area contributed by atoms with Crippen molar-refractivity contribution in [1.82, 2.24) is 9.80 Å². The summed E-state index contributed by atoms with van der Waals surface area (Å²) in [7, 11) is 0. The second kappa shape index (κ2) is 6.75. The summed E-state index contributed by atoms with van der Waals surface area (Å²) < 4.78 is 0. The fourth-order valence-corrected chi connectivity index (χ4v) is 3.56. The first-order valence-electron chi connectivity index (χ1n) is 8.89. The van der Waals surface area contributed by atoms with Crippen LogP contribution in [0.4, 0.5) is 0 Å². The van der Waals surface area contributed by atoms with E-state index in [1.807, 2.05) is 42.5 Å². The Hall–Kier alpha value is -2.95. The molecule has 2 heterocycles. The van der Waals surface area contributed by atoms with Crippen LogP contribution in [0.1, 0.15) is 18.4 Å². The molecule has 0 N–H and O–H groups in total. The third kappa shape index (κ3) is 3.12. The van der Waals surface area contributed by atoms with Crippen molar-refractivity contribution in [2.45, 2.75) is 25.3 Å². The van der Waals surface area contributed by atoms with E-state index < -0.39 is 0 Å². The minimum atomic E-state index is -0.137. The van der Waals surface area contributed by atoms with Crippen LogP contribution in [0.2, 0.25) is 0 Å². The van der Waals surface area contributed by atoms with Crippen LogP contribution in [-0.2, 0) is 20.8 Å². The third-order valence-electron chi connectivity index (χ3n) is 5.09. The van der Waals surface area contributed by atoms with Crippen LogP contribution in [0.5, 0.6) is 0 Å². The van der Waals surface area contributed by atoms with E-state index in [0.717, 1.165) is 16.7 Å². The minimum Gasteiger partial charge on any atom is -0.338 e. The summed E-state index contributed by atoms with van der Waals surface area (Å²) in [6, 6.07) is 18.0. The summed E-state index contributed by atoms with van der Waals surface area (Å²) in [5.74, 6) is -0.181. The van der Waals surface area contributed by atoms with Gasteiger partial charge in [0.15, 0.2) is 0 Å². The molecule has 2 aromatic carbocycles. The van der Waals surface area contributed by atoms with Crippen molar-refractivity contribution in [3.63, 3.8) is 0 Å². The molecule has 3 amide bonds. The zero-order valence-electron chi connectivity index (χ0n) is 14.4. The Morgan fingerprint density at radius 1 is 0.846 bits per heavy atom. The molecule has 2 saturated heterocycles. The molecular formula is C21H20N2O3. The van der Waals surface area contributed by atoms with Gasteiger partial charge in [0.1, 0.15) is 0 Å². The SMILES string of the molecule is O=C(Cc1ccc(-c2ccccc2)cc1)N1CC(N2C(=O)CCC2=O)C1. The molecule has 0 radical (unpaired) electrons. The van der Waals surface area contributed by atoms with Gasteiger partial charge in [0.2, 0.25) is 17.7 Å². The molecule has 0 unspecified atom stereocenters. The molecule has 0 spiro atoms. The van der Waals surface area contributed by atoms with Crippen LogP contribution in [0.3, 0.4) is 0 Å². The van der Waals surface area contributed by atoms with Crippen molar-refractivity contribution >= 4 is 17.7 Å². The number of hydrogen-bond donors (Lipinski definition) is 0. The Labute approximate surface area is 152 Å². The van der Waals surface area contributed by atoms with E-state index in [0.29, 0.717) is 32.4 Å². The van der Waals surface area contributed by atoms with Crippen LogP contribution in [0.25, 0.3) is 11.1 Å². The van der Waals surface area contributed by atoms with E-state index in [4.69, 9.17) is 0 Å². The number of imide groups is 1. The van der Waals surface area contributed by atoms with Crippen molar-refractivity contribution < 1.29 is 14.4 Å². The fourth-order valence-electron chi connectivity index (χ4n) is 3.56. The first-order chi connectivity index (χ1) is 12.6. The van der Waals surface area contributed by atoms with Gasteiger partial charge in [0.05, 0.1) is 12.5 Å². The van der Waals surface area contributed by atoms with Gasteiger partial charge in [-0.2, -0.15) is 0 Å². The van der Waals surface area contributed by atoms with E-state index in [9.17, 15) is 14.4 Å². The monoisotopic (exact) mass is 348 g/mol. The molecule has 132 valence electrons. The Bertz CT molecular complexity index is 823. The Kier molecular flexibility index (Phi) is 4.29. The maximum atomic E-state index is 12.4. The van der Waals surface area contributed by atoms with Crippen molar-refractivity contribution in [2.24, 2.45) is 0 Å². The van der Waals surface area contributed by atoms with Crippen LogP contribution in [-0.4, -0.2) is 46.7 Å². The normalized spacial score (nSPS) is 17.5. The molecule has 5 heteroatoms. The second-order valence-corrected chi connectivity index (χ2v) is 6.85. The quantitative estimate of drug-likeness (QED) is 0.797. The maximum Gasteiger partial charge on any atom is 0.230 e. The topological polar surface area (TPSA) is 57.7 Å². The lowest BCUT2D eigenvalue weighted by Crippen LogP contribution is -2.62. The third-order valence-corrected chi connectivity index (χ3v) is 5.09. The number of nitrogens with zero attached hydrogens (tertiary/aromatic N) is 2. The van der Waals surface area contributed by atoms with E-state index in [2.05, 4.69) is 12.1 Å². The summed E-state index contributed by atoms with van der Waals surface area (Å²) in [6.07, 6.45) is 0.942. The number of likely N-dealkylation sites (tertiary alicyclic amines) is 2. The summed E-state index contributed by atoms with van der Waals surface area (Å²) >= 11 is 0. The molecule has 4 rings (SSSR count). The summed E-state index contributed by atoms with van der Waals surface area (Å²) in [5.41, 5.74) is 3.24. The molecule has 5 nitrogen and oxygen atoms in total. The van der Waals surface area contributed by atoms with Gasteiger partial charge in [0, 0.05) is 25.9 Å². The van der Waals surface area contributed by atoms with E-state index >= 15 is 0 Å². The zero-order chi connectivity index (χ0) is 18.1. The van der Waals surface area contributed by atoms with Crippen molar-refractivity contribution in [3.8, 4) is 11.1 Å². The smallest absolute Gasteiger partial charge is 0.230 e. The number of benzene rings is 2. The molecule has 2 fully saturated rings. The predicted octanol–water partition coefficient (Wildman–Crippen LogP) is 2.26. The van der Waals surface area contributed by atoms with Crippen LogP contribution in [0.15, 0.2) is 54.6 Å². The maximum absolute atomic E-state index is 12.4. The summed E-state index contributed by atoms with van der Waals surface area (Å²) in [5, 5.41) is 0. The van der Waals surface area contributed by atoms with Gasteiger partial charge in [-0.15, -0.1) is 0 Å². The van der Waals surface area contributed by atoms with Crippen LogP contribution < -0.4 is 0 Å². The standard InChI is InChI=1S/C21H20N2O3/c24-19-10-11-20(25)23(19)18-13-22(14-18)21(26)12-15-6-8-17(9-7-15)16-4-2-1-3-5-16/h1-9,18H,10-14H2. The van der Waals surface area contributed by atoms with Gasteiger partial charge in [-0.1, -0.05) is 54.6 Å². The number of hydrogen-bond acceptors (Lipinski definition) is 3. The Balaban J connectivity index is 1.33. The van der Waals surface area contributed by atoms with Crippen LogP contribution in [0, 0.1) is 0 Å². The predicted molar refractivity (Wildman–Crippen MR) is 97.0 cm³/mol. The van der Waals surface area contributed by atoms with Gasteiger partial charge in [-0.05, 0) is 16.7 Å². The highest BCUT2D eigenvalue weighted by molar-refractivity contribution is 6.02. The molecule has 0 aromatic heterocycles. The van der Waals surface area contributed by atoms with Gasteiger partial charge in [0.25, 0.3) is 0 Å². The van der Waals surface area contributed by atoms with Gasteiger partial charge < -0.3 is 4.90 Å². The number of amides is 3. The van der Waals surface area contributed by atoms with Gasteiger partial charge >= 0.3 is 0 Å². The molecule has 2 aliphatic rings. The lowest BCUT2D eigenvalue weighted by molar-refractivity contribution is -0.151. The molecule has 0 atom stereocenters. The van der Waals surface area contributed by atoms with Crippen LogP contribution >= 0.6 is 0 Å². The van der Waals surface area contributed by atoms with E-state index in [1.54, 1.807) is 4.90 Å². The summed E-state index contributed by atoms with van der Waals surface area (Å²) in [4.78, 5) is 38.9. The molecule has 26 heavy (non-hydrogen) atoms. The number of carbonyl (C=O) groups is 3. The Morgan fingerprint density at radius 2 is 1.42 bits per heavy atom. The number of rotatable bonds is 4. The zero-order valence-corrected chi connectivity index (χ0v) is 14.4. The fraction of sp³-hybridized carbons (Fsp3) is 0.286. The van der Waals surface area contributed by atoms with E-state index in [1.165, 1.54) is 4.90 Å². The van der Waals surface area contributed by atoms with Crippen molar-refractivity contribution in [1.29, 1.82) is 0 Å². The Morgan fingerprint density at radius 3 is 2.04 bits per heavy atom. The first-order valence-corrected chi connectivity index (χ1v) is 8.89. The van der Waals surface area contributed by atoms with Crippen molar-refractivity contribution in [2.75, 3.05) is 13.1 Å². The molecular weight excluding hydrogens is 328 g/mol. The average molecular weight is 348 g/mol. The molecule has 0 bridgehead atoms. The highest BCUT2D eigenvalue weighted by Crippen LogP contribution is 2.24. The highest BCUT2D eigenvalue weighted by Gasteiger charge is 2.42. The molecule has 0 aliphatic carbocycles. The first kappa shape index (κ1) is 16.5. The number of carbonyl (C=O) groups excluding carboxylic acids is 3. The van der Waals surface area contributed by atoms with Gasteiger partial charge in [-0.25, -0.2) is 0 Å². The lowest BCUT2D eigenvalue weighted by Gasteiger charge is -2.43. The molecule has 0 saturated carbocycles. The minimum absolute atomic E-state index is 0.0350. The van der Waals surface area contributed by atoms with Gasteiger partial charge in [-0.3, -0.25) is 19.3 Å².